The van der Waals surface area contributed by atoms with Crippen LogP contribution in [0.3, 0.4) is 0 Å². The molecule has 3 aromatic heterocycles. The van der Waals surface area contributed by atoms with Crippen molar-refractivity contribution >= 4 is 40.5 Å². The number of rotatable bonds is 7. The predicted octanol–water partition coefficient (Wildman–Crippen LogP) is 4.94. The molecule has 4 aromatic rings. The molecule has 0 spiro atoms. The number of anilines is 2. The quantitative estimate of drug-likeness (QED) is 0.252. The largest absolute Gasteiger partial charge is 0.440 e. The molecule has 0 bridgehead atoms. The van der Waals surface area contributed by atoms with Gasteiger partial charge in [0.2, 0.25) is 5.91 Å². The van der Waals surface area contributed by atoms with Crippen LogP contribution in [0, 0.1) is 0 Å². The number of fused-ring (bicyclic) bond motifs is 1. The number of carbonyl (C=O) groups excluding carboxylic acids is 3. The van der Waals surface area contributed by atoms with Crippen molar-refractivity contribution in [2.24, 2.45) is 0 Å². The lowest BCUT2D eigenvalue weighted by atomic mass is 9.95. The number of amides is 4. The van der Waals surface area contributed by atoms with E-state index in [9.17, 15) is 32.7 Å². The second-order valence-electron chi connectivity index (χ2n) is 12.2. The zero-order valence-corrected chi connectivity index (χ0v) is 25.6. The third-order valence-electron chi connectivity index (χ3n) is 8.25. The highest BCUT2D eigenvalue weighted by molar-refractivity contribution is 6.06. The van der Waals surface area contributed by atoms with Crippen molar-refractivity contribution in [2.75, 3.05) is 29.9 Å². The Morgan fingerprint density at radius 3 is 2.51 bits per heavy atom. The van der Waals surface area contributed by atoms with Crippen LogP contribution < -0.4 is 15.5 Å². The van der Waals surface area contributed by atoms with Gasteiger partial charge in [0, 0.05) is 49.5 Å². The Kier molecular flexibility index (Phi) is 8.44. The lowest BCUT2D eigenvalue weighted by Crippen LogP contribution is -2.49. The van der Waals surface area contributed by atoms with E-state index in [2.05, 4.69) is 25.5 Å². The topological polar surface area (TPSA) is 154 Å². The first-order valence-corrected chi connectivity index (χ1v) is 15.0. The van der Waals surface area contributed by atoms with Gasteiger partial charge in [-0.15, -0.1) is 0 Å². The third kappa shape index (κ3) is 7.10. The zero-order chi connectivity index (χ0) is 33.5. The van der Waals surface area contributed by atoms with Crippen molar-refractivity contribution in [1.82, 2.24) is 25.2 Å². The molecule has 3 N–H and O–H groups in total. The summed E-state index contributed by atoms with van der Waals surface area (Å²) in [5.74, 6) is 0.0601. The molecule has 5 heterocycles. The first kappa shape index (κ1) is 32.1. The number of imide groups is 1. The number of aliphatic hydroxyl groups is 1. The minimum absolute atomic E-state index is 0.0306. The van der Waals surface area contributed by atoms with Crippen LogP contribution in [-0.2, 0) is 23.1 Å². The van der Waals surface area contributed by atoms with Crippen LogP contribution in [0.25, 0.3) is 11.1 Å². The van der Waals surface area contributed by atoms with Gasteiger partial charge in [-0.3, -0.25) is 29.7 Å². The zero-order valence-electron chi connectivity index (χ0n) is 25.6. The molecule has 0 saturated carbocycles. The van der Waals surface area contributed by atoms with Crippen LogP contribution >= 0.6 is 0 Å². The van der Waals surface area contributed by atoms with E-state index < -0.39 is 29.4 Å². The predicted molar refractivity (Wildman–Crippen MR) is 163 cm³/mol. The lowest BCUT2D eigenvalue weighted by Gasteiger charge is -2.31. The number of hydrogen-bond donors (Lipinski definition) is 3. The molecule has 12 nitrogen and oxygen atoms in total. The summed E-state index contributed by atoms with van der Waals surface area (Å²) in [6.07, 6.45) is -0.372. The molecule has 0 radical (unpaired) electrons. The minimum atomic E-state index is -4.63. The number of benzene rings is 1. The van der Waals surface area contributed by atoms with Gasteiger partial charge in [-0.2, -0.15) is 13.2 Å². The van der Waals surface area contributed by atoms with Gasteiger partial charge in [0.15, 0.2) is 11.5 Å². The second kappa shape index (κ2) is 12.4. The molecule has 2 aliphatic rings. The highest BCUT2D eigenvalue weighted by Crippen LogP contribution is 2.36. The molecule has 4 amide bonds. The number of likely N-dealkylation sites (tertiary alicyclic amines) is 1. The van der Waals surface area contributed by atoms with Crippen molar-refractivity contribution in [3.63, 3.8) is 0 Å². The van der Waals surface area contributed by atoms with Crippen LogP contribution in [0.5, 0.6) is 0 Å². The Balaban J connectivity index is 1.13. The van der Waals surface area contributed by atoms with E-state index in [-0.39, 0.29) is 36.0 Å². The molecule has 2 fully saturated rings. The number of nitrogens with one attached hydrogen (secondary N) is 2. The number of halogens is 3. The number of nitrogens with zero attached hydrogens (tertiary/aromatic N) is 5. The summed E-state index contributed by atoms with van der Waals surface area (Å²) < 4.78 is 44.8. The van der Waals surface area contributed by atoms with Crippen LogP contribution in [0.1, 0.15) is 72.1 Å². The molecular weight excluding hydrogens is 619 g/mol. The molecule has 0 unspecified atom stereocenters. The fourth-order valence-electron chi connectivity index (χ4n) is 5.75. The first-order valence-electron chi connectivity index (χ1n) is 15.0. The summed E-state index contributed by atoms with van der Waals surface area (Å²) >= 11 is 0. The van der Waals surface area contributed by atoms with E-state index in [1.165, 1.54) is 4.90 Å². The summed E-state index contributed by atoms with van der Waals surface area (Å²) in [6, 6.07) is 8.24. The number of aromatic nitrogens is 3. The van der Waals surface area contributed by atoms with Crippen molar-refractivity contribution in [3.05, 3.63) is 77.1 Å². The highest BCUT2D eigenvalue weighted by atomic mass is 19.4. The summed E-state index contributed by atoms with van der Waals surface area (Å²) in [5, 5.41) is 15.8. The van der Waals surface area contributed by atoms with Gasteiger partial charge >= 0.3 is 12.2 Å². The van der Waals surface area contributed by atoms with Gasteiger partial charge in [-0.05, 0) is 75.7 Å². The molecular formula is C32H32F3N7O5. The van der Waals surface area contributed by atoms with Gasteiger partial charge in [-0.25, -0.2) is 14.8 Å². The van der Waals surface area contributed by atoms with Gasteiger partial charge < -0.3 is 14.8 Å². The first-order chi connectivity index (χ1) is 22.2. The molecule has 47 heavy (non-hydrogen) atoms. The summed E-state index contributed by atoms with van der Waals surface area (Å²) in [4.78, 5) is 52.8. The Morgan fingerprint density at radius 2 is 1.85 bits per heavy atom. The normalized spacial score (nSPS) is 16.9. The van der Waals surface area contributed by atoms with Crippen molar-refractivity contribution < 1.29 is 37.1 Å². The van der Waals surface area contributed by atoms with Crippen molar-refractivity contribution in [1.29, 1.82) is 0 Å². The summed E-state index contributed by atoms with van der Waals surface area (Å²) in [7, 11) is 0. The Bertz CT molecular complexity index is 1830. The molecule has 15 heteroatoms. The van der Waals surface area contributed by atoms with Gasteiger partial charge in [0.25, 0.3) is 5.91 Å². The monoisotopic (exact) mass is 651 g/mol. The van der Waals surface area contributed by atoms with Crippen molar-refractivity contribution in [3.8, 4) is 0 Å². The number of urea groups is 1. The van der Waals surface area contributed by atoms with E-state index in [0.29, 0.717) is 34.9 Å². The lowest BCUT2D eigenvalue weighted by molar-refractivity contribution is -0.141. The maximum atomic E-state index is 12.9. The maximum absolute atomic E-state index is 12.9. The summed E-state index contributed by atoms with van der Waals surface area (Å²) in [6.45, 7) is 5.55. The fraction of sp³-hybridized carbons (Fsp3) is 0.375. The van der Waals surface area contributed by atoms with E-state index >= 15 is 0 Å². The Labute approximate surface area is 267 Å². The molecule has 2 saturated heterocycles. The number of piperidine rings is 1. The van der Waals surface area contributed by atoms with E-state index in [4.69, 9.17) is 9.40 Å². The van der Waals surface area contributed by atoms with Crippen LogP contribution in [0.15, 0.2) is 53.2 Å². The highest BCUT2D eigenvalue weighted by Gasteiger charge is 2.33. The molecule has 6 rings (SSSR count). The van der Waals surface area contributed by atoms with E-state index in [1.54, 1.807) is 32.2 Å². The van der Waals surface area contributed by atoms with Gasteiger partial charge in [-0.1, -0.05) is 0 Å². The Hall–Kier alpha value is -4.89. The van der Waals surface area contributed by atoms with E-state index in [1.807, 2.05) is 12.1 Å². The second-order valence-corrected chi connectivity index (χ2v) is 12.2. The van der Waals surface area contributed by atoms with E-state index in [0.717, 1.165) is 49.8 Å². The summed E-state index contributed by atoms with van der Waals surface area (Å²) in [5.41, 5.74) is -0.104. The molecule has 0 atom stereocenters. The fourth-order valence-corrected chi connectivity index (χ4v) is 5.75. The maximum Gasteiger partial charge on any atom is 0.433 e. The third-order valence-corrected chi connectivity index (χ3v) is 8.25. The van der Waals surface area contributed by atoms with Gasteiger partial charge in [0.1, 0.15) is 17.0 Å². The van der Waals surface area contributed by atoms with Crippen LogP contribution in [0.2, 0.25) is 0 Å². The average Bonchev–Trinajstić information content (AvgIpc) is 3.43. The van der Waals surface area contributed by atoms with Crippen LogP contribution in [0.4, 0.5) is 29.5 Å². The number of oxazole rings is 1. The molecule has 2 aliphatic heterocycles. The number of carbonyl (C=O) groups is 3. The molecule has 246 valence electrons. The molecule has 0 aliphatic carbocycles. The number of alkyl halides is 3. The van der Waals surface area contributed by atoms with Crippen LogP contribution in [-0.4, -0.2) is 62.4 Å². The smallest absolute Gasteiger partial charge is 0.433 e. The SMILES string of the molecule is CC(C)(O)c1cc2nc(C3CCN(Cc4ccnc(N5CCC(=O)NC5=O)c4)CC3)oc2cc1NC(=O)c1ccc(C(F)(F)F)nc1. The Morgan fingerprint density at radius 1 is 1.09 bits per heavy atom. The minimum Gasteiger partial charge on any atom is -0.440 e. The molecule has 1 aromatic carbocycles. The number of hydrogen-bond acceptors (Lipinski definition) is 9. The van der Waals surface area contributed by atoms with Crippen molar-refractivity contribution in [2.45, 2.75) is 57.3 Å². The average molecular weight is 652 g/mol. The van der Waals surface area contributed by atoms with Gasteiger partial charge in [0.05, 0.1) is 16.9 Å². The number of pyridine rings is 2. The standard InChI is InChI=1S/C32H32F3N7O5/c1-31(2,46)21-14-23-24(15-22(21)38-28(44)20-3-4-25(37-16-20)32(33,34)35)47-29(39-23)19-6-10-41(11-7-19)17-18-5-9-36-26(13-18)42-12-8-27(43)40-30(42)45/h3-5,9,13-16,19,46H,6-8,10-12,17H2,1-2H3,(H,38,44)(H,40,43,45).